The molecular formula is C67H43BN2OSSi. The van der Waals surface area contributed by atoms with Gasteiger partial charge in [-0.25, -0.2) is 0 Å². The molecule has 6 heteroatoms. The SMILES string of the molecule is c1ccc([Si]2(c3ccccc3)c3cc(C4c5ccccc5-c5ccccc54)ccc3N(c3ccc4c5c3Sc3ccccc3B5c3ccccc3O4)c3ccc(-n4c5ccccc5c5ccccc54)cc32)cc1. The molecule has 1 aliphatic carbocycles. The van der Waals surface area contributed by atoms with E-state index in [-0.39, 0.29) is 12.6 Å². The molecule has 12 aromatic rings. The number of rotatable bonds is 5. The van der Waals surface area contributed by atoms with Crippen molar-refractivity contribution < 1.29 is 4.74 Å². The summed E-state index contributed by atoms with van der Waals surface area (Å²) in [4.78, 5) is 5.14. The highest BCUT2D eigenvalue weighted by molar-refractivity contribution is 8.00. The van der Waals surface area contributed by atoms with Gasteiger partial charge in [0.15, 0.2) is 8.07 Å². The first-order valence-electron chi connectivity index (χ1n) is 25.3. The molecule has 0 unspecified atom stereocenters. The zero-order valence-electron chi connectivity index (χ0n) is 39.6. The Morgan fingerprint density at radius 3 is 1.68 bits per heavy atom. The smallest absolute Gasteiger partial charge is 0.253 e. The number of fused-ring (bicyclic) bond motifs is 12. The molecule has 3 nitrogen and oxygen atoms in total. The summed E-state index contributed by atoms with van der Waals surface area (Å²) in [6, 6.07) is 96.1. The highest BCUT2D eigenvalue weighted by Crippen LogP contribution is 2.51. The predicted octanol–water partition coefficient (Wildman–Crippen LogP) is 12.2. The topological polar surface area (TPSA) is 17.4 Å². The summed E-state index contributed by atoms with van der Waals surface area (Å²) in [5.41, 5.74) is 17.6. The van der Waals surface area contributed by atoms with Crippen molar-refractivity contribution in [3.8, 4) is 28.3 Å². The Bertz CT molecular complexity index is 4120. The van der Waals surface area contributed by atoms with Crippen LogP contribution in [0.5, 0.6) is 11.5 Å². The van der Waals surface area contributed by atoms with E-state index in [1.807, 2.05) is 11.8 Å². The van der Waals surface area contributed by atoms with E-state index in [4.69, 9.17) is 4.74 Å². The summed E-state index contributed by atoms with van der Waals surface area (Å²) in [7, 11) is -3.24. The molecule has 0 saturated carbocycles. The van der Waals surface area contributed by atoms with Gasteiger partial charge < -0.3 is 14.2 Å². The van der Waals surface area contributed by atoms with Gasteiger partial charge in [0, 0.05) is 43.5 Å². The summed E-state index contributed by atoms with van der Waals surface area (Å²) in [5.74, 6) is 1.93. The van der Waals surface area contributed by atoms with Crippen LogP contribution in [0.4, 0.5) is 17.1 Å². The fraction of sp³-hybridized carbons (Fsp3) is 0.0149. The first-order chi connectivity index (χ1) is 36.2. The molecule has 0 spiro atoms. The summed E-state index contributed by atoms with van der Waals surface area (Å²) in [6.45, 7) is 0.0285. The van der Waals surface area contributed by atoms with Crippen LogP contribution in [0.15, 0.2) is 265 Å². The number of hydrogen-bond donors (Lipinski definition) is 0. The van der Waals surface area contributed by atoms with Crippen molar-refractivity contribution in [1.82, 2.24) is 4.57 Å². The van der Waals surface area contributed by atoms with Crippen LogP contribution in [0.1, 0.15) is 22.6 Å². The highest BCUT2D eigenvalue weighted by Gasteiger charge is 2.51. The van der Waals surface area contributed by atoms with Gasteiger partial charge in [-0.15, -0.1) is 0 Å². The predicted molar refractivity (Wildman–Crippen MR) is 307 cm³/mol. The molecule has 0 amide bonds. The molecule has 0 bridgehead atoms. The fourth-order valence-corrected chi connectivity index (χ4v) is 19.8. The van der Waals surface area contributed by atoms with Crippen LogP contribution in [0.25, 0.3) is 38.6 Å². The number of hydrogen-bond acceptors (Lipinski definition) is 3. The molecule has 16 rings (SSSR count). The largest absolute Gasteiger partial charge is 0.458 e. The van der Waals surface area contributed by atoms with E-state index in [0.717, 1.165) is 22.9 Å². The minimum Gasteiger partial charge on any atom is -0.458 e. The van der Waals surface area contributed by atoms with Gasteiger partial charge in [-0.3, -0.25) is 0 Å². The van der Waals surface area contributed by atoms with Crippen molar-refractivity contribution in [3.05, 3.63) is 271 Å². The third-order valence-corrected chi connectivity index (χ3v) is 22.3. The Labute approximate surface area is 429 Å². The van der Waals surface area contributed by atoms with Crippen LogP contribution >= 0.6 is 11.8 Å². The van der Waals surface area contributed by atoms with E-state index in [1.165, 1.54) is 108 Å². The standard InChI is InChI=1S/C67H43BN2OSSi/c1-3-19-45(20-4-1)73(46-21-5-2-6-22-46)63-41-43(65-51-27-9-7-23-47(51)48-24-8-10-28-52(48)65)35-37-57(63)70(58-38-36-44(42-64(58)73)69-55-31-15-11-25-49(55)50-26-12-16-32-56(50)69)59-39-40-61-66-67(59)72-62-34-18-14-30-54(62)68(66)53-29-13-17-33-60(53)71-61/h1-42,65H. The molecule has 0 saturated heterocycles. The molecule has 11 aromatic carbocycles. The number of para-hydroxylation sites is 3. The number of ether oxygens (including phenoxy) is 1. The number of benzene rings is 11. The lowest BCUT2D eigenvalue weighted by Gasteiger charge is -2.46. The molecule has 340 valence electrons. The summed E-state index contributed by atoms with van der Waals surface area (Å²) < 4.78 is 9.40. The normalized spacial score (nSPS) is 14.4. The van der Waals surface area contributed by atoms with Crippen molar-refractivity contribution in [3.63, 3.8) is 0 Å². The summed E-state index contributed by atoms with van der Waals surface area (Å²) >= 11 is 1.88. The van der Waals surface area contributed by atoms with Crippen LogP contribution in [0.2, 0.25) is 0 Å². The number of aromatic nitrogens is 1. The first kappa shape index (κ1) is 41.1. The second-order valence-corrected chi connectivity index (χ2v) is 24.6. The Hall–Kier alpha value is -8.55. The van der Waals surface area contributed by atoms with Gasteiger partial charge >= 0.3 is 0 Å². The van der Waals surface area contributed by atoms with Gasteiger partial charge in [0.25, 0.3) is 6.71 Å². The lowest BCUT2D eigenvalue weighted by molar-refractivity contribution is 0.486. The molecular weight excluding hydrogens is 920 g/mol. The first-order valence-corrected chi connectivity index (χ1v) is 28.1. The summed E-state index contributed by atoms with van der Waals surface area (Å²) in [5, 5.41) is 7.94. The average Bonchev–Trinajstić information content (AvgIpc) is 3.98. The highest BCUT2D eigenvalue weighted by atomic mass is 32.2. The van der Waals surface area contributed by atoms with E-state index < -0.39 is 8.07 Å². The Morgan fingerprint density at radius 2 is 0.986 bits per heavy atom. The molecule has 73 heavy (non-hydrogen) atoms. The summed E-state index contributed by atoms with van der Waals surface area (Å²) in [6.07, 6.45) is 0. The molecule has 0 fully saturated rings. The van der Waals surface area contributed by atoms with Crippen molar-refractivity contribution >= 4 is 103 Å². The van der Waals surface area contributed by atoms with E-state index in [9.17, 15) is 0 Å². The van der Waals surface area contributed by atoms with Gasteiger partial charge in [0.2, 0.25) is 0 Å². The van der Waals surface area contributed by atoms with E-state index in [0.29, 0.717) is 0 Å². The molecule has 0 radical (unpaired) electrons. The maximum absolute atomic E-state index is 6.90. The Morgan fingerprint density at radius 1 is 0.438 bits per heavy atom. The molecule has 4 heterocycles. The maximum atomic E-state index is 6.90. The minimum absolute atomic E-state index is 0.0285. The molecule has 0 atom stereocenters. The van der Waals surface area contributed by atoms with Crippen LogP contribution in [0.3, 0.4) is 0 Å². The fourth-order valence-electron chi connectivity index (χ4n) is 13.3. The van der Waals surface area contributed by atoms with Crippen molar-refractivity contribution in [2.45, 2.75) is 15.7 Å². The van der Waals surface area contributed by atoms with Gasteiger partial charge in [0.1, 0.15) is 11.5 Å². The van der Waals surface area contributed by atoms with Crippen molar-refractivity contribution in [2.75, 3.05) is 4.90 Å². The van der Waals surface area contributed by atoms with Crippen LogP contribution in [0, 0.1) is 0 Å². The second-order valence-electron chi connectivity index (χ2n) is 19.8. The number of nitrogens with zero attached hydrogens (tertiary/aromatic N) is 2. The van der Waals surface area contributed by atoms with E-state index >= 15 is 0 Å². The van der Waals surface area contributed by atoms with E-state index in [2.05, 4.69) is 264 Å². The maximum Gasteiger partial charge on any atom is 0.253 e. The quantitative estimate of drug-likeness (QED) is 0.160. The number of anilines is 3. The van der Waals surface area contributed by atoms with Crippen LogP contribution < -0.4 is 46.8 Å². The molecule has 0 N–H and O–H groups in total. The van der Waals surface area contributed by atoms with E-state index in [1.54, 1.807) is 0 Å². The molecule has 3 aliphatic heterocycles. The minimum atomic E-state index is -3.24. The van der Waals surface area contributed by atoms with Crippen molar-refractivity contribution in [1.29, 1.82) is 0 Å². The Kier molecular flexibility index (Phi) is 8.85. The monoisotopic (exact) mass is 962 g/mol. The second kappa shape index (κ2) is 15.7. The molecule has 1 aromatic heterocycles. The lowest BCUT2D eigenvalue weighted by Crippen LogP contribution is -2.77. The van der Waals surface area contributed by atoms with Gasteiger partial charge in [-0.05, 0) is 120 Å². The Balaban J connectivity index is 1.04. The third kappa shape index (κ3) is 5.73. The zero-order chi connectivity index (χ0) is 47.8. The zero-order valence-corrected chi connectivity index (χ0v) is 41.4. The van der Waals surface area contributed by atoms with Gasteiger partial charge in [-0.2, -0.15) is 0 Å². The lowest BCUT2D eigenvalue weighted by atomic mass is 9.35. The average molecular weight is 963 g/mol. The van der Waals surface area contributed by atoms with Crippen LogP contribution in [-0.4, -0.2) is 19.4 Å². The third-order valence-electron chi connectivity index (χ3n) is 16.3. The van der Waals surface area contributed by atoms with Gasteiger partial charge in [-0.1, -0.05) is 211 Å². The van der Waals surface area contributed by atoms with Gasteiger partial charge in [0.05, 0.1) is 16.7 Å². The van der Waals surface area contributed by atoms with Crippen molar-refractivity contribution in [2.24, 2.45) is 0 Å². The van der Waals surface area contributed by atoms with Crippen LogP contribution in [-0.2, 0) is 0 Å². The molecule has 4 aliphatic rings.